The van der Waals surface area contributed by atoms with Crippen LogP contribution in [-0.2, 0) is 9.53 Å². The monoisotopic (exact) mass is 313 g/mol. The van der Waals surface area contributed by atoms with Crippen LogP contribution in [0.15, 0.2) is 36.7 Å². The van der Waals surface area contributed by atoms with Crippen LogP contribution in [0.5, 0.6) is 0 Å². The van der Waals surface area contributed by atoms with E-state index in [1.54, 1.807) is 6.20 Å². The Balaban J connectivity index is 1.64. The second-order valence-corrected chi connectivity index (χ2v) is 6.08. The summed E-state index contributed by atoms with van der Waals surface area (Å²) in [5, 5.41) is 3.09. The van der Waals surface area contributed by atoms with Crippen molar-refractivity contribution >= 4 is 5.91 Å². The van der Waals surface area contributed by atoms with Crippen molar-refractivity contribution < 1.29 is 9.53 Å². The molecule has 1 amide bonds. The molecule has 0 radical (unpaired) electrons. The summed E-state index contributed by atoms with van der Waals surface area (Å²) in [5.41, 5.74) is 2.17. The third kappa shape index (κ3) is 3.62. The van der Waals surface area contributed by atoms with Gasteiger partial charge in [0.25, 0.3) is 0 Å². The number of aryl methyl sites for hydroxylation is 1. The van der Waals surface area contributed by atoms with Gasteiger partial charge in [-0.15, -0.1) is 0 Å². The highest BCUT2D eigenvalue weighted by Gasteiger charge is 2.23. The predicted molar refractivity (Wildman–Crippen MR) is 88.4 cm³/mol. The van der Waals surface area contributed by atoms with E-state index >= 15 is 0 Å². The molecular formula is C18H23N3O2. The van der Waals surface area contributed by atoms with Crippen molar-refractivity contribution in [1.82, 2.24) is 14.9 Å². The molecule has 0 bridgehead atoms. The summed E-state index contributed by atoms with van der Waals surface area (Å²) in [7, 11) is 0. The van der Waals surface area contributed by atoms with Crippen molar-refractivity contribution in [2.45, 2.75) is 32.7 Å². The average molecular weight is 313 g/mol. The molecule has 5 nitrogen and oxygen atoms in total. The zero-order valence-electron chi connectivity index (χ0n) is 13.7. The van der Waals surface area contributed by atoms with Gasteiger partial charge >= 0.3 is 0 Å². The third-order valence-electron chi connectivity index (χ3n) is 4.39. The first kappa shape index (κ1) is 15.7. The molecule has 1 aromatic carbocycles. The smallest absolute Gasteiger partial charge is 0.225 e. The maximum Gasteiger partial charge on any atom is 0.225 e. The number of rotatable bonds is 4. The number of carbonyl (C=O) groups excluding carboxylic acids is 1. The number of carbonyl (C=O) groups is 1. The highest BCUT2D eigenvalue weighted by Crippen LogP contribution is 2.19. The normalized spacial score (nSPS) is 19.3. The van der Waals surface area contributed by atoms with Gasteiger partial charge in [0.15, 0.2) is 0 Å². The van der Waals surface area contributed by atoms with Crippen molar-refractivity contribution in [2.24, 2.45) is 5.92 Å². The molecule has 1 aromatic heterocycles. The van der Waals surface area contributed by atoms with Crippen LogP contribution in [0.3, 0.4) is 0 Å². The lowest BCUT2D eigenvalue weighted by molar-refractivity contribution is -0.129. The summed E-state index contributed by atoms with van der Waals surface area (Å²) in [5.74, 6) is 1.03. The van der Waals surface area contributed by atoms with Gasteiger partial charge in [-0.25, -0.2) is 4.98 Å². The van der Waals surface area contributed by atoms with Crippen LogP contribution in [0.1, 0.15) is 37.2 Å². The Bertz CT molecular complexity index is 657. The second kappa shape index (κ2) is 6.96. The molecule has 2 heterocycles. The number of nitrogens with one attached hydrogen (secondary N) is 1. The molecule has 5 heteroatoms. The molecule has 1 N–H and O–H groups in total. The van der Waals surface area contributed by atoms with Gasteiger partial charge < -0.3 is 14.6 Å². The van der Waals surface area contributed by atoms with Crippen LogP contribution in [0.4, 0.5) is 0 Å². The zero-order valence-corrected chi connectivity index (χ0v) is 13.7. The molecule has 23 heavy (non-hydrogen) atoms. The first-order valence-electron chi connectivity index (χ1n) is 8.13. The highest BCUT2D eigenvalue weighted by molar-refractivity contribution is 5.79. The Labute approximate surface area is 136 Å². The Hall–Kier alpha value is -2.14. The fraction of sp³-hybridized carbons (Fsp3) is 0.444. The van der Waals surface area contributed by atoms with Crippen molar-refractivity contribution in [3.63, 3.8) is 0 Å². The third-order valence-corrected chi connectivity index (χ3v) is 4.39. The molecule has 3 rings (SSSR count). The predicted octanol–water partition coefficient (Wildman–Crippen LogP) is 2.78. The van der Waals surface area contributed by atoms with Crippen LogP contribution >= 0.6 is 0 Å². The van der Waals surface area contributed by atoms with Gasteiger partial charge in [-0.3, -0.25) is 4.79 Å². The summed E-state index contributed by atoms with van der Waals surface area (Å²) in [6.45, 7) is 5.30. The number of hydrogen-bond donors (Lipinski definition) is 1. The fourth-order valence-corrected chi connectivity index (χ4v) is 2.94. The van der Waals surface area contributed by atoms with Crippen LogP contribution in [0, 0.1) is 12.8 Å². The second-order valence-electron chi connectivity index (χ2n) is 6.08. The number of imidazole rings is 1. The standard InChI is InChI=1S/C18H23N3O2/c1-13(20-18(22)16-4-3-11-23-12-16)15-5-7-17(8-6-15)21-10-9-19-14(21)2/h5-10,13,16H,3-4,11-12H2,1-2H3,(H,20,22)/t13-,16-/m0/s1. The Morgan fingerprint density at radius 2 is 2.17 bits per heavy atom. The lowest BCUT2D eigenvalue weighted by Crippen LogP contribution is -2.36. The number of ether oxygens (including phenoxy) is 1. The topological polar surface area (TPSA) is 56.2 Å². The molecular weight excluding hydrogens is 290 g/mol. The molecule has 2 atom stereocenters. The summed E-state index contributed by atoms with van der Waals surface area (Å²) in [6.07, 6.45) is 5.61. The van der Waals surface area contributed by atoms with E-state index in [0.717, 1.165) is 36.5 Å². The molecule has 0 aliphatic carbocycles. The quantitative estimate of drug-likeness (QED) is 0.944. The van der Waals surface area contributed by atoms with E-state index in [1.165, 1.54) is 0 Å². The minimum absolute atomic E-state index is 0.0117. The van der Waals surface area contributed by atoms with Crippen molar-refractivity contribution in [1.29, 1.82) is 0 Å². The van der Waals surface area contributed by atoms with Gasteiger partial charge in [0.1, 0.15) is 5.82 Å². The van der Waals surface area contributed by atoms with Gasteiger partial charge in [0, 0.05) is 24.7 Å². The van der Waals surface area contributed by atoms with E-state index in [1.807, 2.05) is 24.6 Å². The van der Waals surface area contributed by atoms with Crippen LogP contribution in [0.2, 0.25) is 0 Å². The van der Waals surface area contributed by atoms with E-state index in [0.29, 0.717) is 6.61 Å². The SMILES string of the molecule is Cc1nccn1-c1ccc([C@H](C)NC(=O)[C@H]2CCCOC2)cc1. The van der Waals surface area contributed by atoms with E-state index in [2.05, 4.69) is 34.6 Å². The molecule has 1 saturated heterocycles. The molecule has 0 saturated carbocycles. The molecule has 1 aliphatic rings. The van der Waals surface area contributed by atoms with E-state index in [-0.39, 0.29) is 17.9 Å². The largest absolute Gasteiger partial charge is 0.381 e. The summed E-state index contributed by atoms with van der Waals surface area (Å²) >= 11 is 0. The highest BCUT2D eigenvalue weighted by atomic mass is 16.5. The number of nitrogens with zero attached hydrogens (tertiary/aromatic N) is 2. The number of amides is 1. The molecule has 0 unspecified atom stereocenters. The van der Waals surface area contributed by atoms with Gasteiger partial charge in [-0.05, 0) is 44.4 Å². The molecule has 0 spiro atoms. The Morgan fingerprint density at radius 3 is 2.78 bits per heavy atom. The maximum absolute atomic E-state index is 12.3. The first-order chi connectivity index (χ1) is 11.1. The lowest BCUT2D eigenvalue weighted by atomic mass is 10.00. The van der Waals surface area contributed by atoms with Gasteiger partial charge in [-0.2, -0.15) is 0 Å². The number of hydrogen-bond acceptors (Lipinski definition) is 3. The van der Waals surface area contributed by atoms with E-state index in [9.17, 15) is 4.79 Å². The Kier molecular flexibility index (Phi) is 4.76. The summed E-state index contributed by atoms with van der Waals surface area (Å²) in [4.78, 5) is 16.5. The number of aromatic nitrogens is 2. The lowest BCUT2D eigenvalue weighted by Gasteiger charge is -2.23. The molecule has 1 fully saturated rings. The minimum atomic E-state index is -0.0147. The van der Waals surface area contributed by atoms with Crippen LogP contribution in [-0.4, -0.2) is 28.7 Å². The minimum Gasteiger partial charge on any atom is -0.381 e. The van der Waals surface area contributed by atoms with Gasteiger partial charge in [0.2, 0.25) is 5.91 Å². The van der Waals surface area contributed by atoms with E-state index in [4.69, 9.17) is 4.74 Å². The zero-order chi connectivity index (χ0) is 16.2. The van der Waals surface area contributed by atoms with Gasteiger partial charge in [0.05, 0.1) is 18.6 Å². The molecule has 2 aromatic rings. The fourth-order valence-electron chi connectivity index (χ4n) is 2.94. The number of benzene rings is 1. The van der Waals surface area contributed by atoms with Crippen molar-refractivity contribution in [3.05, 3.63) is 48.0 Å². The van der Waals surface area contributed by atoms with Crippen LogP contribution < -0.4 is 5.32 Å². The van der Waals surface area contributed by atoms with Crippen molar-refractivity contribution in [3.8, 4) is 5.69 Å². The Morgan fingerprint density at radius 1 is 1.39 bits per heavy atom. The summed E-state index contributed by atoms with van der Waals surface area (Å²) < 4.78 is 7.42. The maximum atomic E-state index is 12.3. The average Bonchev–Trinajstić information content (AvgIpc) is 3.02. The van der Waals surface area contributed by atoms with E-state index < -0.39 is 0 Å². The molecule has 1 aliphatic heterocycles. The molecule has 122 valence electrons. The van der Waals surface area contributed by atoms with Gasteiger partial charge in [-0.1, -0.05) is 12.1 Å². The van der Waals surface area contributed by atoms with Crippen LogP contribution in [0.25, 0.3) is 5.69 Å². The van der Waals surface area contributed by atoms with Crippen molar-refractivity contribution in [2.75, 3.05) is 13.2 Å². The first-order valence-corrected chi connectivity index (χ1v) is 8.13. The summed E-state index contributed by atoms with van der Waals surface area (Å²) in [6, 6.07) is 8.20.